The summed E-state index contributed by atoms with van der Waals surface area (Å²) in [6.07, 6.45) is -4.43. The van der Waals surface area contributed by atoms with Gasteiger partial charge in [0.2, 0.25) is 0 Å². The lowest BCUT2D eigenvalue weighted by atomic mass is 10.1. The van der Waals surface area contributed by atoms with Gasteiger partial charge in [0, 0.05) is 30.9 Å². The molecule has 5 nitrogen and oxygen atoms in total. The van der Waals surface area contributed by atoms with Crippen molar-refractivity contribution in [2.24, 2.45) is 0 Å². The van der Waals surface area contributed by atoms with Crippen molar-refractivity contribution in [2.75, 3.05) is 26.0 Å². The molecule has 8 heteroatoms. The summed E-state index contributed by atoms with van der Waals surface area (Å²) in [7, 11) is 3.24. The molecule has 0 aromatic heterocycles. The topological polar surface area (TPSA) is 58.6 Å². The Morgan fingerprint density at radius 3 is 2.27 bits per heavy atom. The zero-order chi connectivity index (χ0) is 19.3. The van der Waals surface area contributed by atoms with Gasteiger partial charge >= 0.3 is 6.18 Å². The fourth-order valence-electron chi connectivity index (χ4n) is 2.06. The van der Waals surface area contributed by atoms with Crippen LogP contribution in [0.15, 0.2) is 48.5 Å². The number of anilines is 1. The van der Waals surface area contributed by atoms with Crippen molar-refractivity contribution in [2.45, 2.75) is 6.18 Å². The van der Waals surface area contributed by atoms with Crippen LogP contribution in [0.4, 0.5) is 18.9 Å². The number of nitrogens with one attached hydrogen (secondary N) is 1. The van der Waals surface area contributed by atoms with Crippen molar-refractivity contribution in [3.63, 3.8) is 0 Å². The summed E-state index contributed by atoms with van der Waals surface area (Å²) in [5.74, 6) is -0.647. The van der Waals surface area contributed by atoms with Crippen LogP contribution in [0.5, 0.6) is 5.75 Å². The van der Waals surface area contributed by atoms with Crippen LogP contribution in [-0.2, 0) is 0 Å². The summed E-state index contributed by atoms with van der Waals surface area (Å²) in [6, 6.07) is 11.7. The smallest absolute Gasteiger partial charge is 0.422 e. The van der Waals surface area contributed by atoms with Gasteiger partial charge in [0.1, 0.15) is 5.75 Å². The summed E-state index contributed by atoms with van der Waals surface area (Å²) in [5, 5.41) is 2.64. The van der Waals surface area contributed by atoms with E-state index in [4.69, 9.17) is 0 Å². The van der Waals surface area contributed by atoms with Crippen molar-refractivity contribution in [1.82, 2.24) is 4.90 Å². The summed E-state index contributed by atoms with van der Waals surface area (Å²) >= 11 is 0. The molecule has 0 aliphatic carbocycles. The Hall–Kier alpha value is -3.03. The SMILES string of the molecule is CN(C)C(=O)c1cccc(NC(=O)c2ccc(OCC(F)(F)F)cc2)c1. The van der Waals surface area contributed by atoms with E-state index >= 15 is 0 Å². The van der Waals surface area contributed by atoms with Gasteiger partial charge in [-0.2, -0.15) is 13.2 Å². The minimum atomic E-state index is -4.43. The predicted molar refractivity (Wildman–Crippen MR) is 90.4 cm³/mol. The Kier molecular flexibility index (Phi) is 5.86. The average Bonchev–Trinajstić information content (AvgIpc) is 2.59. The molecule has 138 valence electrons. The van der Waals surface area contributed by atoms with E-state index in [1.807, 2.05) is 0 Å². The molecular weight excluding hydrogens is 349 g/mol. The third-order valence-corrected chi connectivity index (χ3v) is 3.29. The number of rotatable bonds is 5. The maximum absolute atomic E-state index is 12.2. The normalized spacial score (nSPS) is 11.0. The van der Waals surface area contributed by atoms with Crippen LogP contribution >= 0.6 is 0 Å². The molecule has 0 bridgehead atoms. The summed E-state index contributed by atoms with van der Waals surface area (Å²) in [5.41, 5.74) is 1.09. The highest BCUT2D eigenvalue weighted by Gasteiger charge is 2.28. The Balaban J connectivity index is 2.04. The van der Waals surface area contributed by atoms with E-state index in [1.54, 1.807) is 38.4 Å². The molecule has 2 rings (SSSR count). The van der Waals surface area contributed by atoms with Crippen LogP contribution < -0.4 is 10.1 Å². The first-order valence-electron chi connectivity index (χ1n) is 7.58. The van der Waals surface area contributed by atoms with Crippen LogP contribution in [0.1, 0.15) is 20.7 Å². The molecule has 0 spiro atoms. The number of ether oxygens (including phenoxy) is 1. The van der Waals surface area contributed by atoms with E-state index in [1.165, 1.54) is 29.2 Å². The van der Waals surface area contributed by atoms with E-state index in [9.17, 15) is 22.8 Å². The highest BCUT2D eigenvalue weighted by Crippen LogP contribution is 2.19. The van der Waals surface area contributed by atoms with Crippen molar-refractivity contribution in [3.05, 3.63) is 59.7 Å². The van der Waals surface area contributed by atoms with Crippen LogP contribution in [0, 0.1) is 0 Å². The van der Waals surface area contributed by atoms with Gasteiger partial charge in [-0.3, -0.25) is 9.59 Å². The third kappa shape index (κ3) is 5.51. The number of hydrogen-bond acceptors (Lipinski definition) is 3. The Morgan fingerprint density at radius 1 is 1.04 bits per heavy atom. The number of hydrogen-bond donors (Lipinski definition) is 1. The molecule has 0 heterocycles. The first kappa shape index (κ1) is 19.3. The zero-order valence-electron chi connectivity index (χ0n) is 14.1. The summed E-state index contributed by atoms with van der Waals surface area (Å²) in [4.78, 5) is 25.6. The lowest BCUT2D eigenvalue weighted by Crippen LogP contribution is -2.22. The number of alkyl halides is 3. The van der Waals surface area contributed by atoms with Crippen molar-refractivity contribution in [1.29, 1.82) is 0 Å². The molecule has 2 amide bonds. The molecule has 0 aliphatic rings. The van der Waals surface area contributed by atoms with Crippen LogP contribution in [0.2, 0.25) is 0 Å². The zero-order valence-corrected chi connectivity index (χ0v) is 14.1. The number of nitrogens with zero attached hydrogens (tertiary/aromatic N) is 1. The monoisotopic (exact) mass is 366 g/mol. The quantitative estimate of drug-likeness (QED) is 0.880. The van der Waals surface area contributed by atoms with Crippen LogP contribution in [0.3, 0.4) is 0 Å². The van der Waals surface area contributed by atoms with Gasteiger partial charge in [-0.25, -0.2) is 0 Å². The van der Waals surface area contributed by atoms with E-state index < -0.39 is 18.7 Å². The number of halogens is 3. The second-order valence-corrected chi connectivity index (χ2v) is 5.66. The van der Waals surface area contributed by atoms with E-state index in [0.717, 1.165) is 0 Å². The molecule has 2 aromatic rings. The second kappa shape index (κ2) is 7.90. The van der Waals surface area contributed by atoms with Gasteiger partial charge in [-0.05, 0) is 42.5 Å². The summed E-state index contributed by atoms with van der Waals surface area (Å²) < 4.78 is 40.9. The molecule has 1 N–H and O–H groups in total. The van der Waals surface area contributed by atoms with Crippen molar-refractivity contribution < 1.29 is 27.5 Å². The Morgan fingerprint density at radius 2 is 1.69 bits per heavy atom. The maximum Gasteiger partial charge on any atom is 0.422 e. The van der Waals surface area contributed by atoms with Crippen LogP contribution in [-0.4, -0.2) is 43.6 Å². The molecule has 0 radical (unpaired) electrons. The van der Waals surface area contributed by atoms with Gasteiger partial charge < -0.3 is 15.0 Å². The third-order valence-electron chi connectivity index (χ3n) is 3.29. The standard InChI is InChI=1S/C18H17F3N2O3/c1-23(2)17(25)13-4-3-5-14(10-13)22-16(24)12-6-8-15(9-7-12)26-11-18(19,20)21/h3-10H,11H2,1-2H3,(H,22,24). The molecule has 0 atom stereocenters. The van der Waals surface area contributed by atoms with E-state index in [0.29, 0.717) is 11.3 Å². The fraction of sp³-hybridized carbons (Fsp3) is 0.222. The minimum Gasteiger partial charge on any atom is -0.484 e. The van der Waals surface area contributed by atoms with Crippen molar-refractivity contribution >= 4 is 17.5 Å². The largest absolute Gasteiger partial charge is 0.484 e. The molecule has 0 fully saturated rings. The van der Waals surface area contributed by atoms with Gasteiger partial charge in [0.25, 0.3) is 11.8 Å². The second-order valence-electron chi connectivity index (χ2n) is 5.66. The van der Waals surface area contributed by atoms with Crippen LogP contribution in [0.25, 0.3) is 0 Å². The predicted octanol–water partition coefficient (Wildman–Crippen LogP) is 3.58. The molecule has 0 aliphatic heterocycles. The molecular formula is C18H17F3N2O3. The first-order chi connectivity index (χ1) is 12.2. The molecule has 0 saturated heterocycles. The number of amides is 2. The number of benzene rings is 2. The number of carbonyl (C=O) groups excluding carboxylic acids is 2. The Labute approximate surface area is 148 Å². The minimum absolute atomic E-state index is 0.0115. The van der Waals surface area contributed by atoms with Crippen molar-refractivity contribution in [3.8, 4) is 5.75 Å². The lowest BCUT2D eigenvalue weighted by Gasteiger charge is -2.12. The molecule has 2 aromatic carbocycles. The summed E-state index contributed by atoms with van der Waals surface area (Å²) in [6.45, 7) is -1.40. The fourth-order valence-corrected chi connectivity index (χ4v) is 2.06. The lowest BCUT2D eigenvalue weighted by molar-refractivity contribution is -0.153. The van der Waals surface area contributed by atoms with E-state index in [-0.39, 0.29) is 17.2 Å². The number of carbonyl (C=O) groups is 2. The molecule has 26 heavy (non-hydrogen) atoms. The van der Waals surface area contributed by atoms with E-state index in [2.05, 4.69) is 10.1 Å². The molecule has 0 unspecified atom stereocenters. The molecule has 0 saturated carbocycles. The maximum atomic E-state index is 12.2. The first-order valence-corrected chi connectivity index (χ1v) is 7.58. The highest BCUT2D eigenvalue weighted by molar-refractivity contribution is 6.05. The van der Waals surface area contributed by atoms with Gasteiger partial charge in [-0.15, -0.1) is 0 Å². The highest BCUT2D eigenvalue weighted by atomic mass is 19.4. The van der Waals surface area contributed by atoms with Gasteiger partial charge in [0.15, 0.2) is 6.61 Å². The van der Waals surface area contributed by atoms with Gasteiger partial charge in [-0.1, -0.05) is 6.07 Å². The Bertz CT molecular complexity index is 787. The average molecular weight is 366 g/mol. The van der Waals surface area contributed by atoms with Gasteiger partial charge in [0.05, 0.1) is 0 Å².